The van der Waals surface area contributed by atoms with Crippen LogP contribution in [-0.4, -0.2) is 20.1 Å². The average molecular weight is 457 g/mol. The molecule has 7 heteroatoms. The number of methoxy groups -OCH3 is 1. The molecule has 33 heavy (non-hydrogen) atoms. The number of rotatable bonds is 9. The van der Waals surface area contributed by atoms with Crippen molar-refractivity contribution in [1.82, 2.24) is 10.6 Å². The predicted octanol–water partition coefficient (Wildman–Crippen LogP) is 5.46. The van der Waals surface area contributed by atoms with Crippen LogP contribution in [0.25, 0.3) is 0 Å². The van der Waals surface area contributed by atoms with Crippen molar-refractivity contribution in [2.24, 2.45) is 0 Å². The van der Waals surface area contributed by atoms with Gasteiger partial charge in [0.15, 0.2) is 0 Å². The summed E-state index contributed by atoms with van der Waals surface area (Å²) in [4.78, 5) is 12.7. The van der Waals surface area contributed by atoms with Gasteiger partial charge in [-0.2, -0.15) is 13.2 Å². The van der Waals surface area contributed by atoms with Crippen molar-refractivity contribution in [2.75, 3.05) is 14.2 Å². The first-order valence-corrected chi connectivity index (χ1v) is 10.6. The van der Waals surface area contributed by atoms with Gasteiger partial charge < -0.3 is 10.1 Å². The lowest BCUT2D eigenvalue weighted by atomic mass is 9.95. The third kappa shape index (κ3) is 6.58. The Morgan fingerprint density at radius 3 is 2.09 bits per heavy atom. The Morgan fingerprint density at radius 1 is 0.909 bits per heavy atom. The van der Waals surface area contributed by atoms with E-state index >= 15 is 0 Å². The Morgan fingerprint density at radius 2 is 1.55 bits per heavy atom. The summed E-state index contributed by atoms with van der Waals surface area (Å²) < 4.78 is 44.4. The van der Waals surface area contributed by atoms with Crippen LogP contribution in [0.4, 0.5) is 13.2 Å². The summed E-state index contributed by atoms with van der Waals surface area (Å²) in [6.45, 7) is 0. The van der Waals surface area contributed by atoms with E-state index in [1.54, 1.807) is 14.2 Å². The van der Waals surface area contributed by atoms with Gasteiger partial charge in [0.05, 0.1) is 12.7 Å². The maximum atomic E-state index is 13.1. The molecule has 0 spiro atoms. The van der Waals surface area contributed by atoms with Crippen LogP contribution < -0.4 is 15.4 Å². The second kappa shape index (κ2) is 11.0. The normalized spacial score (nSPS) is 13.2. The van der Waals surface area contributed by atoms with Crippen molar-refractivity contribution in [3.63, 3.8) is 0 Å². The lowest BCUT2D eigenvalue weighted by Crippen LogP contribution is -2.38. The van der Waals surface area contributed by atoms with E-state index in [1.807, 2.05) is 54.6 Å². The largest absolute Gasteiger partial charge is 0.497 e. The second-order valence-electron chi connectivity index (χ2n) is 7.68. The molecule has 0 aromatic heterocycles. The first-order chi connectivity index (χ1) is 15.8. The van der Waals surface area contributed by atoms with Crippen LogP contribution in [0.3, 0.4) is 0 Å². The number of alkyl halides is 3. The number of carbonyl (C=O) groups excluding carboxylic acids is 1. The number of carbonyl (C=O) groups is 1. The van der Waals surface area contributed by atoms with Gasteiger partial charge in [-0.25, -0.2) is 0 Å². The molecule has 0 heterocycles. The number of hydrogen-bond acceptors (Lipinski definition) is 3. The Bertz CT molecular complexity index is 1020. The molecular weight excluding hydrogens is 429 g/mol. The van der Waals surface area contributed by atoms with Gasteiger partial charge in [-0.05, 0) is 53.8 Å². The van der Waals surface area contributed by atoms with Crippen molar-refractivity contribution in [3.8, 4) is 5.75 Å². The molecule has 0 aliphatic carbocycles. The Balaban J connectivity index is 1.88. The van der Waals surface area contributed by atoms with E-state index in [9.17, 15) is 18.0 Å². The monoisotopic (exact) mass is 456 g/mol. The quantitative estimate of drug-likeness (QED) is 0.449. The number of likely N-dealkylation sites (N-methyl/N-ethyl adjacent to an activating group) is 1. The number of halogens is 3. The molecular formula is C26H27F3N2O2. The van der Waals surface area contributed by atoms with Crippen LogP contribution in [0.15, 0.2) is 78.9 Å². The van der Waals surface area contributed by atoms with Crippen molar-refractivity contribution >= 4 is 5.91 Å². The smallest absolute Gasteiger partial charge is 0.416 e. The summed E-state index contributed by atoms with van der Waals surface area (Å²) in [5.41, 5.74) is 1.82. The number of nitrogens with one attached hydrogen (secondary N) is 2. The Kier molecular flexibility index (Phi) is 8.11. The number of ether oxygens (including phenoxy) is 1. The first kappa shape index (κ1) is 24.3. The summed E-state index contributed by atoms with van der Waals surface area (Å²) in [5, 5.41) is 6.04. The lowest BCUT2D eigenvalue weighted by molar-refractivity contribution is -0.137. The molecule has 0 saturated heterocycles. The fourth-order valence-electron chi connectivity index (χ4n) is 3.67. The lowest BCUT2D eigenvalue weighted by Gasteiger charge is -2.26. The maximum absolute atomic E-state index is 13.1. The third-order valence-electron chi connectivity index (χ3n) is 5.53. The zero-order valence-electron chi connectivity index (χ0n) is 18.5. The van der Waals surface area contributed by atoms with E-state index in [-0.39, 0.29) is 11.9 Å². The van der Waals surface area contributed by atoms with E-state index in [0.717, 1.165) is 29.0 Å². The van der Waals surface area contributed by atoms with Crippen LogP contribution in [0, 0.1) is 0 Å². The van der Waals surface area contributed by atoms with Crippen molar-refractivity contribution in [2.45, 2.75) is 31.1 Å². The summed E-state index contributed by atoms with van der Waals surface area (Å²) >= 11 is 0. The van der Waals surface area contributed by atoms with Crippen LogP contribution in [0.1, 0.15) is 40.8 Å². The zero-order chi connectivity index (χ0) is 23.8. The van der Waals surface area contributed by atoms with Gasteiger partial charge in [-0.1, -0.05) is 54.6 Å². The molecule has 0 radical (unpaired) electrons. The van der Waals surface area contributed by atoms with Crippen molar-refractivity contribution in [1.29, 1.82) is 0 Å². The number of amides is 1. The zero-order valence-corrected chi connectivity index (χ0v) is 18.5. The minimum Gasteiger partial charge on any atom is -0.497 e. The minimum absolute atomic E-state index is 0.220. The summed E-state index contributed by atoms with van der Waals surface area (Å²) in [7, 11) is 3.16. The molecule has 0 aliphatic heterocycles. The average Bonchev–Trinajstić information content (AvgIpc) is 2.84. The molecule has 2 atom stereocenters. The molecule has 2 unspecified atom stereocenters. The Labute approximate surface area is 191 Å². The molecule has 3 aromatic carbocycles. The highest BCUT2D eigenvalue weighted by molar-refractivity contribution is 5.83. The molecule has 4 nitrogen and oxygen atoms in total. The standard InChI is InChI=1S/C26H27F3N2O2/c1-30-25(32)24(20-6-4-3-5-7-20)31-23(17-10-18-8-15-22(33-2)16-9-18)19-11-13-21(14-12-19)26(27,28)29/h3-9,11-16,23-24,31H,10,17H2,1-2H3,(H,30,32). The molecule has 0 saturated carbocycles. The molecule has 0 aliphatic rings. The minimum atomic E-state index is -4.40. The molecule has 0 bridgehead atoms. The fraction of sp³-hybridized carbons (Fsp3) is 0.269. The summed E-state index contributed by atoms with van der Waals surface area (Å²) in [6.07, 6.45) is -3.16. The van der Waals surface area contributed by atoms with E-state index in [0.29, 0.717) is 18.4 Å². The molecule has 2 N–H and O–H groups in total. The topological polar surface area (TPSA) is 50.4 Å². The van der Waals surface area contributed by atoms with E-state index in [1.165, 1.54) is 12.1 Å². The van der Waals surface area contributed by atoms with Crippen molar-refractivity contribution < 1.29 is 22.7 Å². The van der Waals surface area contributed by atoms with E-state index in [4.69, 9.17) is 4.74 Å². The predicted molar refractivity (Wildman–Crippen MR) is 122 cm³/mol. The third-order valence-corrected chi connectivity index (χ3v) is 5.53. The van der Waals surface area contributed by atoms with Crippen LogP contribution in [-0.2, 0) is 17.4 Å². The van der Waals surface area contributed by atoms with Gasteiger partial charge in [0.25, 0.3) is 0 Å². The molecule has 3 aromatic rings. The summed E-state index contributed by atoms with van der Waals surface area (Å²) in [5.74, 6) is 0.530. The van der Waals surface area contributed by atoms with E-state index in [2.05, 4.69) is 10.6 Å². The van der Waals surface area contributed by atoms with Gasteiger partial charge >= 0.3 is 6.18 Å². The highest BCUT2D eigenvalue weighted by Gasteiger charge is 2.31. The molecule has 174 valence electrons. The van der Waals surface area contributed by atoms with Crippen LogP contribution in [0.5, 0.6) is 5.75 Å². The Hall–Kier alpha value is -3.32. The van der Waals surface area contributed by atoms with Gasteiger partial charge in [-0.15, -0.1) is 0 Å². The van der Waals surface area contributed by atoms with E-state index < -0.39 is 17.8 Å². The fourth-order valence-corrected chi connectivity index (χ4v) is 3.67. The van der Waals surface area contributed by atoms with Crippen LogP contribution in [0.2, 0.25) is 0 Å². The summed E-state index contributed by atoms with van der Waals surface area (Å²) in [6, 6.07) is 21.0. The van der Waals surface area contributed by atoms with Gasteiger partial charge in [0.1, 0.15) is 11.8 Å². The maximum Gasteiger partial charge on any atom is 0.416 e. The van der Waals surface area contributed by atoms with Crippen molar-refractivity contribution in [3.05, 3.63) is 101 Å². The number of benzene rings is 3. The highest BCUT2D eigenvalue weighted by Crippen LogP contribution is 2.31. The second-order valence-corrected chi connectivity index (χ2v) is 7.68. The number of aryl methyl sites for hydroxylation is 1. The highest BCUT2D eigenvalue weighted by atomic mass is 19.4. The molecule has 1 amide bonds. The first-order valence-electron chi connectivity index (χ1n) is 10.6. The molecule has 3 rings (SSSR count). The van der Waals surface area contributed by atoms with Gasteiger partial charge in [-0.3, -0.25) is 10.1 Å². The SMILES string of the molecule is CNC(=O)C(NC(CCc1ccc(OC)cc1)c1ccc(C(F)(F)F)cc1)c1ccccc1. The van der Waals surface area contributed by atoms with Gasteiger partial charge in [0, 0.05) is 13.1 Å². The van der Waals surface area contributed by atoms with Gasteiger partial charge in [0.2, 0.25) is 5.91 Å². The number of hydrogen-bond donors (Lipinski definition) is 2. The molecule has 0 fully saturated rings. The van der Waals surface area contributed by atoms with Crippen LogP contribution >= 0.6 is 0 Å².